The van der Waals surface area contributed by atoms with Gasteiger partial charge in [-0.05, 0) is 19.1 Å². The first-order chi connectivity index (χ1) is 12.9. The molecule has 1 atom stereocenters. The molecule has 0 saturated heterocycles. The van der Waals surface area contributed by atoms with Gasteiger partial charge in [0, 0.05) is 11.9 Å². The number of thioether (sulfide) groups is 1. The van der Waals surface area contributed by atoms with Crippen molar-refractivity contribution in [3.8, 4) is 11.5 Å². The number of para-hydroxylation sites is 2. The number of primary amides is 1. The molecule has 2 N–H and O–H groups in total. The van der Waals surface area contributed by atoms with E-state index in [0.29, 0.717) is 18.9 Å². The van der Waals surface area contributed by atoms with Gasteiger partial charge in [-0.1, -0.05) is 23.9 Å². The van der Waals surface area contributed by atoms with Crippen LogP contribution in [0, 0.1) is 6.92 Å². The minimum atomic E-state index is -0.384. The lowest BCUT2D eigenvalue weighted by molar-refractivity contribution is -0.128. The smallest absolute Gasteiger partial charge is 0.232 e. The summed E-state index contributed by atoms with van der Waals surface area (Å²) in [6.45, 7) is 2.69. The Morgan fingerprint density at radius 1 is 1.37 bits per heavy atom. The van der Waals surface area contributed by atoms with Gasteiger partial charge < -0.3 is 20.1 Å². The van der Waals surface area contributed by atoms with Gasteiger partial charge in [-0.15, -0.1) is 11.3 Å². The highest BCUT2D eigenvalue weighted by atomic mass is 32.2. The van der Waals surface area contributed by atoms with Gasteiger partial charge in [0.15, 0.2) is 21.9 Å². The normalized spacial score (nSPS) is 15.4. The highest BCUT2D eigenvalue weighted by Gasteiger charge is 2.24. The van der Waals surface area contributed by atoms with Crippen LogP contribution in [0.1, 0.15) is 10.6 Å². The van der Waals surface area contributed by atoms with E-state index in [4.69, 9.17) is 15.2 Å². The fraction of sp³-hybridized carbons (Fsp3) is 0.389. The quantitative estimate of drug-likeness (QED) is 0.704. The van der Waals surface area contributed by atoms with E-state index in [9.17, 15) is 9.59 Å². The Kier molecular flexibility index (Phi) is 6.22. The summed E-state index contributed by atoms with van der Waals surface area (Å²) in [6.07, 6.45) is -0.0265. The second-order valence-corrected chi connectivity index (χ2v) is 8.50. The number of carbonyl (C=O) groups is 2. The number of nitrogens with two attached hydrogens (primary N) is 1. The molecule has 7 nitrogen and oxygen atoms in total. The number of benzene rings is 1. The molecular weight excluding hydrogens is 386 g/mol. The molecule has 2 heterocycles. The molecule has 27 heavy (non-hydrogen) atoms. The van der Waals surface area contributed by atoms with E-state index in [-0.39, 0.29) is 30.1 Å². The third kappa shape index (κ3) is 5.14. The number of hydrogen-bond donors (Lipinski definition) is 1. The van der Waals surface area contributed by atoms with Gasteiger partial charge in [-0.3, -0.25) is 9.59 Å². The van der Waals surface area contributed by atoms with E-state index in [2.05, 4.69) is 4.98 Å². The van der Waals surface area contributed by atoms with Crippen LogP contribution >= 0.6 is 23.1 Å². The van der Waals surface area contributed by atoms with E-state index in [1.165, 1.54) is 23.1 Å². The van der Waals surface area contributed by atoms with Crippen LogP contribution in [0.25, 0.3) is 0 Å². The first-order valence-electron chi connectivity index (χ1n) is 8.42. The molecule has 2 amide bonds. The lowest BCUT2D eigenvalue weighted by Gasteiger charge is -2.29. The lowest BCUT2D eigenvalue weighted by atomic mass is 10.2. The number of hydrogen-bond acceptors (Lipinski definition) is 7. The first kappa shape index (κ1) is 19.5. The summed E-state index contributed by atoms with van der Waals surface area (Å²) in [5, 5.41) is 0. The minimum Gasteiger partial charge on any atom is -0.486 e. The van der Waals surface area contributed by atoms with E-state index in [0.717, 1.165) is 20.7 Å². The zero-order chi connectivity index (χ0) is 19.4. The van der Waals surface area contributed by atoms with E-state index in [1.807, 2.05) is 31.2 Å². The van der Waals surface area contributed by atoms with E-state index >= 15 is 0 Å². The summed E-state index contributed by atoms with van der Waals surface area (Å²) in [6, 6.07) is 7.50. The van der Waals surface area contributed by atoms with Crippen LogP contribution in [0.3, 0.4) is 0 Å². The van der Waals surface area contributed by atoms with Gasteiger partial charge in [0.1, 0.15) is 6.61 Å². The van der Waals surface area contributed by atoms with Gasteiger partial charge in [-0.2, -0.15) is 0 Å². The highest BCUT2D eigenvalue weighted by Crippen LogP contribution is 2.31. The fourth-order valence-electron chi connectivity index (χ4n) is 2.58. The van der Waals surface area contributed by atoms with Crippen LogP contribution in [-0.4, -0.2) is 53.8 Å². The number of amides is 2. The number of rotatable bonds is 7. The summed E-state index contributed by atoms with van der Waals surface area (Å²) in [7, 11) is 1.75. The Bertz CT molecular complexity index is 840. The summed E-state index contributed by atoms with van der Waals surface area (Å²) >= 11 is 2.77. The summed E-state index contributed by atoms with van der Waals surface area (Å²) in [5.74, 6) is 1.29. The summed E-state index contributed by atoms with van der Waals surface area (Å²) < 4.78 is 12.3. The van der Waals surface area contributed by atoms with Crippen molar-refractivity contribution >= 4 is 34.9 Å². The van der Waals surface area contributed by atoms with Crippen LogP contribution in [0.5, 0.6) is 11.5 Å². The highest BCUT2D eigenvalue weighted by molar-refractivity contribution is 8.01. The fourth-order valence-corrected chi connectivity index (χ4v) is 4.76. The van der Waals surface area contributed by atoms with Crippen LogP contribution < -0.4 is 15.2 Å². The Hall–Kier alpha value is -2.26. The molecule has 1 aliphatic heterocycles. The third-order valence-corrected chi connectivity index (χ3v) is 6.28. The Labute approximate surface area is 165 Å². The predicted molar refractivity (Wildman–Crippen MR) is 104 cm³/mol. The van der Waals surface area contributed by atoms with Gasteiger partial charge in [0.05, 0.1) is 24.4 Å². The molecule has 1 aliphatic rings. The molecule has 1 aromatic heterocycles. The molecule has 0 bridgehead atoms. The maximum atomic E-state index is 12.4. The monoisotopic (exact) mass is 407 g/mol. The van der Waals surface area contributed by atoms with Gasteiger partial charge >= 0.3 is 0 Å². The average Bonchev–Trinajstić information content (AvgIpc) is 2.98. The first-order valence-corrected chi connectivity index (χ1v) is 10.2. The van der Waals surface area contributed by atoms with Crippen LogP contribution in [0.15, 0.2) is 28.6 Å². The molecule has 1 aromatic carbocycles. The van der Waals surface area contributed by atoms with E-state index in [1.54, 1.807) is 11.9 Å². The molecule has 0 spiro atoms. The van der Waals surface area contributed by atoms with Crippen molar-refractivity contribution in [3.05, 3.63) is 34.8 Å². The second-order valence-electron chi connectivity index (χ2n) is 6.19. The molecule has 0 unspecified atom stereocenters. The summed E-state index contributed by atoms with van der Waals surface area (Å²) in [5.41, 5.74) is 6.02. The molecular formula is C18H21N3O4S2. The van der Waals surface area contributed by atoms with Gasteiger partial charge in [0.25, 0.3) is 0 Å². The molecule has 0 radical (unpaired) electrons. The number of ether oxygens (including phenoxy) is 2. The predicted octanol–water partition coefficient (Wildman–Crippen LogP) is 1.87. The number of aromatic nitrogens is 1. The largest absolute Gasteiger partial charge is 0.486 e. The SMILES string of the molecule is Cc1nc(SCC(=O)N(C)C[C@@H]2COc3ccccc3O2)sc1CC(N)=O. The lowest BCUT2D eigenvalue weighted by Crippen LogP contribution is -2.42. The van der Waals surface area contributed by atoms with Crippen molar-refractivity contribution in [1.82, 2.24) is 9.88 Å². The van der Waals surface area contributed by atoms with Crippen molar-refractivity contribution < 1.29 is 19.1 Å². The second kappa shape index (κ2) is 8.62. The van der Waals surface area contributed by atoms with Crippen molar-refractivity contribution in [1.29, 1.82) is 0 Å². The van der Waals surface area contributed by atoms with Crippen molar-refractivity contribution in [2.75, 3.05) is 26.0 Å². The van der Waals surface area contributed by atoms with Crippen molar-refractivity contribution in [3.63, 3.8) is 0 Å². The van der Waals surface area contributed by atoms with Gasteiger partial charge in [-0.25, -0.2) is 4.98 Å². The molecule has 3 rings (SSSR count). The number of likely N-dealkylation sites (N-methyl/N-ethyl adjacent to an activating group) is 1. The zero-order valence-electron chi connectivity index (χ0n) is 15.1. The van der Waals surface area contributed by atoms with Crippen molar-refractivity contribution in [2.24, 2.45) is 5.73 Å². The van der Waals surface area contributed by atoms with E-state index < -0.39 is 0 Å². The maximum Gasteiger partial charge on any atom is 0.232 e. The molecule has 0 saturated carbocycles. The molecule has 9 heteroatoms. The number of carbonyl (C=O) groups excluding carboxylic acids is 2. The maximum absolute atomic E-state index is 12.4. The number of fused-ring (bicyclic) bond motifs is 1. The average molecular weight is 408 g/mol. The third-order valence-electron chi connectivity index (χ3n) is 4.00. The molecule has 2 aromatic rings. The standard InChI is InChI=1S/C18H21N3O4S2/c1-11-15(7-16(19)22)27-18(20-11)26-10-17(23)21(2)8-12-9-24-13-5-3-4-6-14(13)25-12/h3-6,12H,7-10H2,1-2H3,(H2,19,22)/t12-/m1/s1. The number of aryl methyl sites for hydroxylation is 1. The molecule has 144 valence electrons. The van der Waals surface area contributed by atoms with Gasteiger partial charge in [0.2, 0.25) is 11.8 Å². The Morgan fingerprint density at radius 3 is 2.85 bits per heavy atom. The molecule has 0 fully saturated rings. The minimum absolute atomic E-state index is 0.0215. The summed E-state index contributed by atoms with van der Waals surface area (Å²) in [4.78, 5) is 30.4. The van der Waals surface area contributed by atoms with Crippen LogP contribution in [0.2, 0.25) is 0 Å². The zero-order valence-corrected chi connectivity index (χ0v) is 16.8. The number of nitrogens with zero attached hydrogens (tertiary/aromatic N) is 2. The Morgan fingerprint density at radius 2 is 2.11 bits per heavy atom. The molecule has 0 aliphatic carbocycles. The van der Waals surface area contributed by atoms with Crippen LogP contribution in [0.4, 0.5) is 0 Å². The van der Waals surface area contributed by atoms with Crippen molar-refractivity contribution in [2.45, 2.75) is 23.8 Å². The Balaban J connectivity index is 1.49. The topological polar surface area (TPSA) is 94.8 Å². The number of thiazole rings is 1. The van der Waals surface area contributed by atoms with Crippen LogP contribution in [-0.2, 0) is 16.0 Å².